The van der Waals surface area contributed by atoms with Crippen molar-refractivity contribution >= 4 is 27.7 Å². The molecule has 1 spiro atoms. The standard InChI is InChI=1S/C28H32BrFN2O4/c1-17-22(12-20(30)13-23(17)29)26(33)31-21-14-28(15-21)7-9-32(10-8-28)27(34)19-5-6-24(35-2)25(11-19)36-16-18-3-4-18/h5-6,11-13,18,21H,3-4,7-10,14-16H2,1-2H3,(H,31,33). The highest BCUT2D eigenvalue weighted by Crippen LogP contribution is 2.49. The minimum atomic E-state index is -0.432. The lowest BCUT2D eigenvalue weighted by Crippen LogP contribution is -2.55. The molecule has 36 heavy (non-hydrogen) atoms. The molecule has 0 radical (unpaired) electrons. The van der Waals surface area contributed by atoms with Gasteiger partial charge in [0.1, 0.15) is 5.82 Å². The molecule has 0 atom stereocenters. The van der Waals surface area contributed by atoms with Crippen LogP contribution in [0.2, 0.25) is 0 Å². The van der Waals surface area contributed by atoms with E-state index in [0.717, 1.165) is 31.2 Å². The minimum Gasteiger partial charge on any atom is -0.493 e. The quantitative estimate of drug-likeness (QED) is 0.486. The summed E-state index contributed by atoms with van der Waals surface area (Å²) in [6, 6.07) is 8.14. The number of piperidine rings is 1. The average Bonchev–Trinajstić information content (AvgIpc) is 3.68. The van der Waals surface area contributed by atoms with Crippen LogP contribution in [0, 0.1) is 24.1 Å². The smallest absolute Gasteiger partial charge is 0.253 e. The Morgan fingerprint density at radius 3 is 2.53 bits per heavy atom. The first-order valence-corrected chi connectivity index (χ1v) is 13.4. The number of hydrogen-bond acceptors (Lipinski definition) is 4. The van der Waals surface area contributed by atoms with Gasteiger partial charge in [-0.2, -0.15) is 0 Å². The molecule has 1 saturated heterocycles. The Kier molecular flexibility index (Phi) is 6.99. The van der Waals surface area contributed by atoms with Crippen LogP contribution in [0.5, 0.6) is 11.5 Å². The zero-order valence-electron chi connectivity index (χ0n) is 20.7. The van der Waals surface area contributed by atoms with Crippen LogP contribution in [-0.2, 0) is 0 Å². The number of carbonyl (C=O) groups is 2. The van der Waals surface area contributed by atoms with E-state index in [-0.39, 0.29) is 23.3 Å². The number of halogens is 2. The molecule has 0 bridgehead atoms. The first kappa shape index (κ1) is 25.1. The van der Waals surface area contributed by atoms with Gasteiger partial charge in [-0.15, -0.1) is 0 Å². The third-order valence-electron chi connectivity index (χ3n) is 7.94. The van der Waals surface area contributed by atoms with Gasteiger partial charge in [0.2, 0.25) is 0 Å². The van der Waals surface area contributed by atoms with Crippen molar-refractivity contribution in [2.45, 2.75) is 51.5 Å². The monoisotopic (exact) mass is 558 g/mol. The Morgan fingerprint density at radius 2 is 1.86 bits per heavy atom. The number of amides is 2. The van der Waals surface area contributed by atoms with E-state index < -0.39 is 5.82 Å². The maximum Gasteiger partial charge on any atom is 0.253 e. The fourth-order valence-electron chi connectivity index (χ4n) is 5.42. The summed E-state index contributed by atoms with van der Waals surface area (Å²) in [6.45, 7) is 3.85. The molecule has 0 aromatic heterocycles. The molecular formula is C28H32BrFN2O4. The van der Waals surface area contributed by atoms with Crippen LogP contribution in [0.3, 0.4) is 0 Å². The summed E-state index contributed by atoms with van der Waals surface area (Å²) in [7, 11) is 1.61. The Hall–Kier alpha value is -2.61. The fourth-order valence-corrected chi connectivity index (χ4v) is 5.85. The molecule has 2 saturated carbocycles. The number of methoxy groups -OCH3 is 1. The maximum atomic E-state index is 13.8. The van der Waals surface area contributed by atoms with Crippen LogP contribution in [0.1, 0.15) is 64.8 Å². The first-order chi connectivity index (χ1) is 17.3. The van der Waals surface area contributed by atoms with Crippen molar-refractivity contribution in [2.75, 3.05) is 26.8 Å². The lowest BCUT2D eigenvalue weighted by molar-refractivity contribution is 0.00861. The number of nitrogens with zero attached hydrogens (tertiary/aromatic N) is 1. The van der Waals surface area contributed by atoms with Gasteiger partial charge in [-0.1, -0.05) is 15.9 Å². The predicted octanol–water partition coefficient (Wildman–Crippen LogP) is 5.51. The third kappa shape index (κ3) is 5.24. The largest absolute Gasteiger partial charge is 0.493 e. The number of ether oxygens (including phenoxy) is 2. The van der Waals surface area contributed by atoms with Gasteiger partial charge in [0.15, 0.2) is 11.5 Å². The van der Waals surface area contributed by atoms with Crippen molar-refractivity contribution in [1.29, 1.82) is 0 Å². The molecule has 3 fully saturated rings. The highest BCUT2D eigenvalue weighted by Gasteiger charge is 2.47. The number of carbonyl (C=O) groups excluding carboxylic acids is 2. The molecule has 6 nitrogen and oxygen atoms in total. The second-order valence-corrected chi connectivity index (χ2v) is 11.4. The molecule has 1 N–H and O–H groups in total. The molecule has 2 amide bonds. The van der Waals surface area contributed by atoms with E-state index in [0.29, 0.717) is 52.7 Å². The van der Waals surface area contributed by atoms with Gasteiger partial charge in [-0.05, 0) is 92.7 Å². The van der Waals surface area contributed by atoms with Gasteiger partial charge in [-0.25, -0.2) is 4.39 Å². The van der Waals surface area contributed by atoms with Crippen LogP contribution >= 0.6 is 15.9 Å². The van der Waals surface area contributed by atoms with E-state index in [9.17, 15) is 14.0 Å². The van der Waals surface area contributed by atoms with E-state index in [4.69, 9.17) is 9.47 Å². The number of rotatable bonds is 7. The number of nitrogens with one attached hydrogen (secondary N) is 1. The summed E-state index contributed by atoms with van der Waals surface area (Å²) >= 11 is 3.32. The third-order valence-corrected chi connectivity index (χ3v) is 8.76. The van der Waals surface area contributed by atoms with Gasteiger partial charge >= 0.3 is 0 Å². The van der Waals surface area contributed by atoms with Crippen molar-refractivity contribution in [1.82, 2.24) is 10.2 Å². The topological polar surface area (TPSA) is 67.9 Å². The number of hydrogen-bond donors (Lipinski definition) is 1. The van der Waals surface area contributed by atoms with Crippen molar-refractivity contribution in [3.8, 4) is 11.5 Å². The molecular weight excluding hydrogens is 527 g/mol. The van der Waals surface area contributed by atoms with Crippen molar-refractivity contribution in [3.05, 3.63) is 57.3 Å². The molecule has 2 aromatic carbocycles. The minimum absolute atomic E-state index is 0.0140. The Labute approximate surface area is 219 Å². The van der Waals surface area contributed by atoms with Crippen LogP contribution in [0.4, 0.5) is 4.39 Å². The van der Waals surface area contributed by atoms with Crippen molar-refractivity contribution < 1.29 is 23.5 Å². The normalized spacial score (nSPS) is 19.1. The van der Waals surface area contributed by atoms with Gasteiger partial charge in [0.25, 0.3) is 11.8 Å². The predicted molar refractivity (Wildman–Crippen MR) is 138 cm³/mol. The van der Waals surface area contributed by atoms with Crippen LogP contribution in [-0.4, -0.2) is 49.6 Å². The second kappa shape index (κ2) is 10.0. The molecule has 3 aliphatic rings. The van der Waals surface area contributed by atoms with E-state index in [2.05, 4.69) is 21.2 Å². The van der Waals surface area contributed by atoms with Gasteiger partial charge in [0, 0.05) is 34.7 Å². The van der Waals surface area contributed by atoms with Crippen molar-refractivity contribution in [2.24, 2.45) is 11.3 Å². The lowest BCUT2D eigenvalue weighted by Gasteiger charge is -2.52. The average molecular weight is 559 g/mol. The molecule has 1 aliphatic heterocycles. The molecule has 192 valence electrons. The first-order valence-electron chi connectivity index (χ1n) is 12.6. The summed E-state index contributed by atoms with van der Waals surface area (Å²) in [6.07, 6.45) is 6.00. The Morgan fingerprint density at radius 1 is 1.14 bits per heavy atom. The zero-order chi connectivity index (χ0) is 25.4. The Balaban J connectivity index is 1.14. The summed E-state index contributed by atoms with van der Waals surface area (Å²) in [5.41, 5.74) is 1.87. The highest BCUT2D eigenvalue weighted by atomic mass is 79.9. The lowest BCUT2D eigenvalue weighted by atomic mass is 9.60. The van der Waals surface area contributed by atoms with Gasteiger partial charge < -0.3 is 19.7 Å². The van der Waals surface area contributed by atoms with Crippen molar-refractivity contribution in [3.63, 3.8) is 0 Å². The highest BCUT2D eigenvalue weighted by molar-refractivity contribution is 9.10. The fraction of sp³-hybridized carbons (Fsp3) is 0.500. The van der Waals surface area contributed by atoms with Gasteiger partial charge in [0.05, 0.1) is 13.7 Å². The summed E-state index contributed by atoms with van der Waals surface area (Å²) < 4.78 is 25.7. The van der Waals surface area contributed by atoms with E-state index in [1.807, 2.05) is 4.90 Å². The van der Waals surface area contributed by atoms with Crippen LogP contribution in [0.25, 0.3) is 0 Å². The molecule has 2 aromatic rings. The molecule has 1 heterocycles. The molecule has 8 heteroatoms. The number of likely N-dealkylation sites (tertiary alicyclic amines) is 1. The Bertz CT molecular complexity index is 1170. The maximum absolute atomic E-state index is 13.8. The molecule has 0 unspecified atom stereocenters. The second-order valence-electron chi connectivity index (χ2n) is 10.6. The van der Waals surface area contributed by atoms with Crippen LogP contribution < -0.4 is 14.8 Å². The van der Waals surface area contributed by atoms with Gasteiger partial charge in [-0.3, -0.25) is 9.59 Å². The molecule has 2 aliphatic carbocycles. The zero-order valence-corrected chi connectivity index (χ0v) is 22.3. The molecule has 5 rings (SSSR count). The van der Waals surface area contributed by atoms with E-state index in [1.165, 1.54) is 25.0 Å². The summed E-state index contributed by atoms with van der Waals surface area (Å²) in [5, 5.41) is 3.07. The van der Waals surface area contributed by atoms with E-state index >= 15 is 0 Å². The van der Waals surface area contributed by atoms with Crippen LogP contribution in [0.15, 0.2) is 34.8 Å². The summed E-state index contributed by atoms with van der Waals surface area (Å²) in [4.78, 5) is 27.9. The number of benzene rings is 2. The summed E-state index contributed by atoms with van der Waals surface area (Å²) in [5.74, 6) is 1.23. The van der Waals surface area contributed by atoms with E-state index in [1.54, 1.807) is 32.2 Å². The SMILES string of the molecule is COc1ccc(C(=O)N2CCC3(CC2)CC(NC(=O)c2cc(F)cc(Br)c2C)C3)cc1OCC1CC1.